The van der Waals surface area contributed by atoms with Gasteiger partial charge in [0.2, 0.25) is 5.91 Å². The minimum absolute atomic E-state index is 0.194. The highest BCUT2D eigenvalue weighted by molar-refractivity contribution is 5.91. The second kappa shape index (κ2) is 7.31. The summed E-state index contributed by atoms with van der Waals surface area (Å²) in [6.45, 7) is 4.40. The lowest BCUT2D eigenvalue weighted by molar-refractivity contribution is -0.116. The van der Waals surface area contributed by atoms with Gasteiger partial charge in [0, 0.05) is 30.8 Å². The van der Waals surface area contributed by atoms with Crippen molar-refractivity contribution in [3.05, 3.63) is 41.5 Å². The molecule has 0 saturated heterocycles. The van der Waals surface area contributed by atoms with E-state index in [4.69, 9.17) is 0 Å². The van der Waals surface area contributed by atoms with Crippen LogP contribution in [0.2, 0.25) is 0 Å². The van der Waals surface area contributed by atoms with E-state index in [1.807, 2.05) is 0 Å². The number of hydrogen-bond donors (Lipinski definition) is 1. The number of carbonyl (C=O) groups excluding carboxylic acids is 1. The molecular formula is C16H20F2N2O. The fraction of sp³-hybridized carbons (Fsp3) is 0.438. The van der Waals surface area contributed by atoms with Crippen LogP contribution in [0.15, 0.2) is 24.3 Å². The maximum atomic E-state index is 13.4. The molecule has 0 aromatic heterocycles. The second-order valence-electron chi connectivity index (χ2n) is 5.12. The minimum atomic E-state index is -0.676. The number of benzene rings is 1. The molecule has 21 heavy (non-hydrogen) atoms. The fourth-order valence-electron chi connectivity index (χ4n) is 2.25. The Hall–Kier alpha value is -1.75. The molecule has 0 spiro atoms. The molecule has 3 nitrogen and oxygen atoms in total. The molecule has 0 radical (unpaired) electrons. The van der Waals surface area contributed by atoms with Crippen LogP contribution in [0.5, 0.6) is 0 Å². The monoisotopic (exact) mass is 294 g/mol. The molecule has 0 bridgehead atoms. The average molecular weight is 294 g/mol. The number of amides is 1. The van der Waals surface area contributed by atoms with E-state index in [2.05, 4.69) is 17.1 Å². The van der Waals surface area contributed by atoms with E-state index < -0.39 is 11.6 Å². The molecule has 0 heterocycles. The molecule has 1 saturated carbocycles. The van der Waals surface area contributed by atoms with Crippen molar-refractivity contribution in [2.75, 3.05) is 19.6 Å². The third-order valence-corrected chi connectivity index (χ3v) is 3.57. The molecule has 1 aliphatic carbocycles. The third kappa shape index (κ3) is 4.63. The normalized spacial score (nSPS) is 14.9. The van der Waals surface area contributed by atoms with E-state index in [9.17, 15) is 13.6 Å². The number of rotatable bonds is 7. The number of likely N-dealkylation sites (N-methyl/N-ethyl adjacent to an activating group) is 1. The fourth-order valence-corrected chi connectivity index (χ4v) is 2.25. The Kier molecular flexibility index (Phi) is 5.44. The molecule has 1 aromatic rings. The van der Waals surface area contributed by atoms with Crippen LogP contribution >= 0.6 is 0 Å². The largest absolute Gasteiger partial charge is 0.351 e. The Labute approximate surface area is 123 Å². The summed E-state index contributed by atoms with van der Waals surface area (Å²) in [4.78, 5) is 14.0. The van der Waals surface area contributed by atoms with Crippen molar-refractivity contribution in [2.45, 2.75) is 25.8 Å². The summed E-state index contributed by atoms with van der Waals surface area (Å²) in [5.41, 5.74) is -0.194. The van der Waals surface area contributed by atoms with E-state index in [-0.39, 0.29) is 11.5 Å². The first-order chi connectivity index (χ1) is 10.1. The lowest BCUT2D eigenvalue weighted by Gasteiger charge is -2.19. The highest BCUT2D eigenvalue weighted by Gasteiger charge is 2.27. The predicted octanol–water partition coefficient (Wildman–Crippen LogP) is 2.58. The summed E-state index contributed by atoms with van der Waals surface area (Å²) in [5, 5.41) is 2.73. The average Bonchev–Trinajstić information content (AvgIpc) is 3.27. The predicted molar refractivity (Wildman–Crippen MR) is 78.7 cm³/mol. The van der Waals surface area contributed by atoms with Gasteiger partial charge in [0.25, 0.3) is 0 Å². The number of nitrogens with zero attached hydrogens (tertiary/aromatic N) is 1. The van der Waals surface area contributed by atoms with Crippen molar-refractivity contribution >= 4 is 12.0 Å². The molecule has 0 atom stereocenters. The molecule has 1 amide bonds. The van der Waals surface area contributed by atoms with E-state index in [0.717, 1.165) is 31.3 Å². The summed E-state index contributed by atoms with van der Waals surface area (Å²) < 4.78 is 26.7. The summed E-state index contributed by atoms with van der Waals surface area (Å²) in [7, 11) is 0. The van der Waals surface area contributed by atoms with Crippen LogP contribution in [0.3, 0.4) is 0 Å². The second-order valence-corrected chi connectivity index (χ2v) is 5.12. The van der Waals surface area contributed by atoms with E-state index >= 15 is 0 Å². The summed E-state index contributed by atoms with van der Waals surface area (Å²) in [6.07, 6.45) is 4.79. The van der Waals surface area contributed by atoms with E-state index in [1.165, 1.54) is 25.0 Å². The molecule has 0 unspecified atom stereocenters. The van der Waals surface area contributed by atoms with Crippen LogP contribution in [0, 0.1) is 11.6 Å². The molecule has 1 aliphatic rings. The lowest BCUT2D eigenvalue weighted by Crippen LogP contribution is -2.35. The van der Waals surface area contributed by atoms with Gasteiger partial charge in [-0.2, -0.15) is 0 Å². The highest BCUT2D eigenvalue weighted by atomic mass is 19.1. The highest BCUT2D eigenvalue weighted by Crippen LogP contribution is 2.25. The van der Waals surface area contributed by atoms with Gasteiger partial charge in [-0.25, -0.2) is 8.78 Å². The molecule has 1 N–H and O–H groups in total. The number of hydrogen-bond acceptors (Lipinski definition) is 2. The lowest BCUT2D eigenvalue weighted by atomic mass is 10.2. The zero-order valence-corrected chi connectivity index (χ0v) is 12.1. The van der Waals surface area contributed by atoms with Gasteiger partial charge in [-0.05, 0) is 37.6 Å². The first kappa shape index (κ1) is 15.6. The minimum Gasteiger partial charge on any atom is -0.351 e. The van der Waals surface area contributed by atoms with Crippen LogP contribution in [0.4, 0.5) is 8.78 Å². The van der Waals surface area contributed by atoms with Gasteiger partial charge < -0.3 is 5.32 Å². The number of carbonyl (C=O) groups is 1. The third-order valence-electron chi connectivity index (χ3n) is 3.57. The summed E-state index contributed by atoms with van der Waals surface area (Å²) in [5.74, 6) is -1.70. The molecule has 5 heteroatoms. The molecule has 0 aliphatic heterocycles. The van der Waals surface area contributed by atoms with Crippen molar-refractivity contribution in [3.8, 4) is 0 Å². The molecule has 114 valence electrons. The van der Waals surface area contributed by atoms with Gasteiger partial charge in [0.15, 0.2) is 0 Å². The Bertz CT molecular complexity index is 507. The zero-order valence-electron chi connectivity index (χ0n) is 12.1. The van der Waals surface area contributed by atoms with Crippen molar-refractivity contribution in [2.24, 2.45) is 0 Å². The van der Waals surface area contributed by atoms with Gasteiger partial charge >= 0.3 is 0 Å². The molecular weight excluding hydrogens is 274 g/mol. The quantitative estimate of drug-likeness (QED) is 0.784. The van der Waals surface area contributed by atoms with E-state index in [1.54, 1.807) is 0 Å². The first-order valence-electron chi connectivity index (χ1n) is 7.25. The van der Waals surface area contributed by atoms with Crippen molar-refractivity contribution in [3.63, 3.8) is 0 Å². The first-order valence-corrected chi connectivity index (χ1v) is 7.25. The standard InChI is InChI=1S/C16H20F2N2O/c1-2-20(12-6-7-12)11-10-19-16(21)9-8-13-14(17)4-3-5-15(13)18/h3-5,8-9,12H,2,6-7,10-11H2,1H3,(H,19,21)/b9-8+. The van der Waals surface area contributed by atoms with Crippen LogP contribution in [0.1, 0.15) is 25.3 Å². The SMILES string of the molecule is CCN(CCNC(=O)/C=C/c1c(F)cccc1F)C1CC1. The van der Waals surface area contributed by atoms with Gasteiger partial charge in [-0.3, -0.25) is 9.69 Å². The van der Waals surface area contributed by atoms with Gasteiger partial charge in [-0.15, -0.1) is 0 Å². The maximum absolute atomic E-state index is 13.4. The van der Waals surface area contributed by atoms with Crippen LogP contribution in [-0.4, -0.2) is 36.5 Å². The van der Waals surface area contributed by atoms with Crippen molar-refractivity contribution in [1.82, 2.24) is 10.2 Å². The molecule has 1 aromatic carbocycles. The van der Waals surface area contributed by atoms with Crippen LogP contribution in [0.25, 0.3) is 6.08 Å². The topological polar surface area (TPSA) is 32.3 Å². The summed E-state index contributed by atoms with van der Waals surface area (Å²) in [6, 6.07) is 4.28. The Morgan fingerprint density at radius 2 is 2.05 bits per heavy atom. The van der Waals surface area contributed by atoms with Crippen LogP contribution in [-0.2, 0) is 4.79 Å². The van der Waals surface area contributed by atoms with Gasteiger partial charge in [0.05, 0.1) is 0 Å². The number of nitrogens with one attached hydrogen (secondary N) is 1. The van der Waals surface area contributed by atoms with Crippen LogP contribution < -0.4 is 5.32 Å². The molecule has 1 fully saturated rings. The Morgan fingerprint density at radius 1 is 1.38 bits per heavy atom. The Balaban J connectivity index is 1.80. The Morgan fingerprint density at radius 3 is 2.62 bits per heavy atom. The maximum Gasteiger partial charge on any atom is 0.244 e. The number of halogens is 2. The van der Waals surface area contributed by atoms with Gasteiger partial charge in [0.1, 0.15) is 11.6 Å². The summed E-state index contributed by atoms with van der Waals surface area (Å²) >= 11 is 0. The van der Waals surface area contributed by atoms with E-state index in [0.29, 0.717) is 12.6 Å². The van der Waals surface area contributed by atoms with Crippen molar-refractivity contribution < 1.29 is 13.6 Å². The smallest absolute Gasteiger partial charge is 0.244 e. The zero-order chi connectivity index (χ0) is 15.2. The van der Waals surface area contributed by atoms with Gasteiger partial charge in [-0.1, -0.05) is 13.0 Å². The van der Waals surface area contributed by atoms with Crippen molar-refractivity contribution in [1.29, 1.82) is 0 Å². The molecule has 2 rings (SSSR count).